The SMILES string of the molecule is Cc1ccc(-c2ccc(C(C)(CC(C)C)c3ccc(-c4ccc(Br)cc4)cc3)cc2)cc1. The number of rotatable bonds is 6. The summed E-state index contributed by atoms with van der Waals surface area (Å²) in [5.74, 6) is 0.600. The minimum absolute atomic E-state index is 0.0295. The van der Waals surface area contributed by atoms with Crippen molar-refractivity contribution in [3.8, 4) is 22.3 Å². The van der Waals surface area contributed by atoms with Gasteiger partial charge in [-0.1, -0.05) is 127 Å². The molecule has 0 N–H and O–H groups in total. The summed E-state index contributed by atoms with van der Waals surface area (Å²) in [6.45, 7) is 9.15. The Morgan fingerprint density at radius 2 is 0.938 bits per heavy atom. The second kappa shape index (κ2) is 9.46. The second-order valence-corrected chi connectivity index (χ2v) is 10.4. The first kappa shape index (κ1) is 22.6. The van der Waals surface area contributed by atoms with Crippen LogP contribution in [0.15, 0.2) is 102 Å². The van der Waals surface area contributed by atoms with E-state index in [1.165, 1.54) is 38.9 Å². The van der Waals surface area contributed by atoms with Gasteiger partial charge in [-0.3, -0.25) is 0 Å². The minimum atomic E-state index is -0.0295. The van der Waals surface area contributed by atoms with Gasteiger partial charge in [0.2, 0.25) is 0 Å². The van der Waals surface area contributed by atoms with E-state index < -0.39 is 0 Å². The van der Waals surface area contributed by atoms with Crippen LogP contribution in [-0.2, 0) is 5.41 Å². The Kier molecular flexibility index (Phi) is 6.67. The van der Waals surface area contributed by atoms with Crippen LogP contribution in [0.5, 0.6) is 0 Å². The number of benzene rings is 4. The lowest BCUT2D eigenvalue weighted by molar-refractivity contribution is 0.427. The van der Waals surface area contributed by atoms with Crippen LogP contribution in [0.4, 0.5) is 0 Å². The third-order valence-corrected chi connectivity index (χ3v) is 6.95. The van der Waals surface area contributed by atoms with Crippen molar-refractivity contribution in [2.75, 3.05) is 0 Å². The molecule has 0 amide bonds. The van der Waals surface area contributed by atoms with Gasteiger partial charge >= 0.3 is 0 Å². The molecule has 32 heavy (non-hydrogen) atoms. The number of halogens is 1. The molecule has 4 aromatic rings. The van der Waals surface area contributed by atoms with E-state index in [1.54, 1.807) is 0 Å². The van der Waals surface area contributed by atoms with Crippen molar-refractivity contribution < 1.29 is 0 Å². The van der Waals surface area contributed by atoms with E-state index in [-0.39, 0.29) is 5.41 Å². The van der Waals surface area contributed by atoms with Crippen molar-refractivity contribution in [3.63, 3.8) is 0 Å². The maximum Gasteiger partial charge on any atom is 0.0177 e. The first-order chi connectivity index (χ1) is 15.3. The van der Waals surface area contributed by atoms with Gasteiger partial charge in [0.15, 0.2) is 0 Å². The Labute approximate surface area is 201 Å². The highest BCUT2D eigenvalue weighted by Crippen LogP contribution is 2.39. The van der Waals surface area contributed by atoms with E-state index in [0.717, 1.165) is 10.9 Å². The summed E-state index contributed by atoms with van der Waals surface area (Å²) in [5, 5.41) is 0. The Hall–Kier alpha value is -2.64. The predicted octanol–water partition coefficient (Wildman–Crippen LogP) is 9.44. The molecular formula is C31H31Br. The highest BCUT2D eigenvalue weighted by atomic mass is 79.9. The second-order valence-electron chi connectivity index (χ2n) is 9.46. The molecule has 0 fully saturated rings. The highest BCUT2D eigenvalue weighted by Gasteiger charge is 2.30. The third-order valence-electron chi connectivity index (χ3n) is 6.42. The van der Waals surface area contributed by atoms with Crippen LogP contribution in [0.3, 0.4) is 0 Å². The molecule has 4 aromatic carbocycles. The molecule has 0 heterocycles. The molecule has 0 saturated heterocycles. The summed E-state index contributed by atoms with van der Waals surface area (Å²) in [5.41, 5.74) is 9.04. The summed E-state index contributed by atoms with van der Waals surface area (Å²) in [7, 11) is 0. The van der Waals surface area contributed by atoms with Crippen LogP contribution in [0.25, 0.3) is 22.3 Å². The molecule has 0 aliphatic rings. The molecule has 0 aliphatic heterocycles. The Bertz CT molecular complexity index is 1060. The lowest BCUT2D eigenvalue weighted by Crippen LogP contribution is -2.25. The number of hydrogen-bond acceptors (Lipinski definition) is 0. The van der Waals surface area contributed by atoms with Gasteiger partial charge in [-0.25, -0.2) is 0 Å². The van der Waals surface area contributed by atoms with Crippen LogP contribution in [0.1, 0.15) is 43.9 Å². The van der Waals surface area contributed by atoms with Gasteiger partial charge in [0.25, 0.3) is 0 Å². The van der Waals surface area contributed by atoms with Crippen molar-refractivity contribution in [1.29, 1.82) is 0 Å². The summed E-state index contributed by atoms with van der Waals surface area (Å²) < 4.78 is 1.11. The lowest BCUT2D eigenvalue weighted by atomic mass is 9.70. The van der Waals surface area contributed by atoms with E-state index in [9.17, 15) is 0 Å². The Morgan fingerprint density at radius 3 is 1.31 bits per heavy atom. The molecule has 0 saturated carbocycles. The largest absolute Gasteiger partial charge is 0.0627 e. The molecule has 0 aromatic heterocycles. The van der Waals surface area contributed by atoms with Crippen LogP contribution < -0.4 is 0 Å². The monoisotopic (exact) mass is 482 g/mol. The quantitative estimate of drug-likeness (QED) is 0.256. The van der Waals surface area contributed by atoms with E-state index >= 15 is 0 Å². The van der Waals surface area contributed by atoms with Crippen LogP contribution in [0, 0.1) is 12.8 Å². The predicted molar refractivity (Wildman–Crippen MR) is 142 cm³/mol. The fraction of sp³-hybridized carbons (Fsp3) is 0.226. The molecule has 0 radical (unpaired) electrons. The van der Waals surface area contributed by atoms with Gasteiger partial charge < -0.3 is 0 Å². The molecule has 4 rings (SSSR count). The van der Waals surface area contributed by atoms with Crippen molar-refractivity contribution in [1.82, 2.24) is 0 Å². The molecule has 0 spiro atoms. The average Bonchev–Trinajstić information content (AvgIpc) is 2.80. The van der Waals surface area contributed by atoms with Crippen LogP contribution in [-0.4, -0.2) is 0 Å². The minimum Gasteiger partial charge on any atom is -0.0627 e. The summed E-state index contributed by atoms with van der Waals surface area (Å²) >= 11 is 3.53. The smallest absolute Gasteiger partial charge is 0.0177 e. The van der Waals surface area contributed by atoms with Gasteiger partial charge in [0, 0.05) is 9.89 Å². The molecule has 0 bridgehead atoms. The standard InChI is InChI=1S/C31H31Br/c1-22(2)21-31(4,28-15-9-25(10-16-28)24-7-5-23(3)6-8-24)29-17-11-26(12-18-29)27-13-19-30(32)20-14-27/h5-20,22H,21H2,1-4H3. The van der Waals surface area contributed by atoms with Gasteiger partial charge in [-0.05, 0) is 64.8 Å². The van der Waals surface area contributed by atoms with Crippen molar-refractivity contribution in [2.24, 2.45) is 5.92 Å². The lowest BCUT2D eigenvalue weighted by Gasteiger charge is -2.33. The Balaban J connectivity index is 1.67. The number of aryl methyl sites for hydroxylation is 1. The maximum atomic E-state index is 3.53. The number of hydrogen-bond donors (Lipinski definition) is 0. The molecule has 1 atom stereocenters. The van der Waals surface area contributed by atoms with Gasteiger partial charge in [0.1, 0.15) is 0 Å². The van der Waals surface area contributed by atoms with E-state index in [1.807, 2.05) is 0 Å². The van der Waals surface area contributed by atoms with Crippen molar-refractivity contribution in [2.45, 2.75) is 39.5 Å². The highest BCUT2D eigenvalue weighted by molar-refractivity contribution is 9.10. The van der Waals surface area contributed by atoms with Crippen LogP contribution >= 0.6 is 15.9 Å². The topological polar surface area (TPSA) is 0 Å². The molecule has 1 unspecified atom stereocenters. The fourth-order valence-corrected chi connectivity index (χ4v) is 4.93. The summed E-state index contributed by atoms with van der Waals surface area (Å²) in [6.07, 6.45) is 1.11. The molecule has 1 heteroatoms. The normalized spacial score (nSPS) is 13.2. The van der Waals surface area contributed by atoms with E-state index in [0.29, 0.717) is 5.92 Å². The molecular weight excluding hydrogens is 452 g/mol. The first-order valence-corrected chi connectivity index (χ1v) is 12.2. The van der Waals surface area contributed by atoms with Crippen molar-refractivity contribution >= 4 is 15.9 Å². The van der Waals surface area contributed by atoms with E-state index in [2.05, 4.69) is 141 Å². The molecule has 0 nitrogen and oxygen atoms in total. The zero-order valence-electron chi connectivity index (χ0n) is 19.4. The Morgan fingerprint density at radius 1 is 0.594 bits per heavy atom. The van der Waals surface area contributed by atoms with E-state index in [4.69, 9.17) is 0 Å². The maximum absolute atomic E-state index is 3.53. The fourth-order valence-electron chi connectivity index (χ4n) is 4.67. The van der Waals surface area contributed by atoms with Crippen molar-refractivity contribution in [3.05, 3.63) is 118 Å². The summed E-state index contributed by atoms with van der Waals surface area (Å²) in [4.78, 5) is 0. The van der Waals surface area contributed by atoms with Gasteiger partial charge in [0.05, 0.1) is 0 Å². The van der Waals surface area contributed by atoms with Gasteiger partial charge in [-0.15, -0.1) is 0 Å². The molecule has 162 valence electrons. The average molecular weight is 483 g/mol. The summed E-state index contributed by atoms with van der Waals surface area (Å²) in [6, 6.07) is 35.6. The zero-order valence-corrected chi connectivity index (χ0v) is 21.0. The molecule has 0 aliphatic carbocycles. The van der Waals surface area contributed by atoms with Gasteiger partial charge in [-0.2, -0.15) is 0 Å². The first-order valence-electron chi connectivity index (χ1n) is 11.4. The third kappa shape index (κ3) is 4.89. The zero-order chi connectivity index (χ0) is 22.7. The van der Waals surface area contributed by atoms with Crippen LogP contribution in [0.2, 0.25) is 0 Å².